The molecule has 0 aromatic heterocycles. The monoisotopic (exact) mass is 306 g/mol. The molecule has 1 aromatic rings. The van der Waals surface area contributed by atoms with Gasteiger partial charge in [0.2, 0.25) is 0 Å². The zero-order valence-corrected chi connectivity index (χ0v) is 14.0. The number of carbonyl (C=O) groups is 1. The highest BCUT2D eigenvalue weighted by molar-refractivity contribution is 5.93. The Balaban J connectivity index is 2.41. The summed E-state index contributed by atoms with van der Waals surface area (Å²) in [6, 6.07) is 5.95. The fourth-order valence-electron chi connectivity index (χ4n) is 3.56. The Morgan fingerprint density at radius 3 is 2.64 bits per heavy atom. The number of hydrogen-bond acceptors (Lipinski definition) is 4. The van der Waals surface area contributed by atoms with E-state index in [1.54, 1.807) is 21.3 Å². The van der Waals surface area contributed by atoms with Crippen molar-refractivity contribution in [2.75, 3.05) is 27.9 Å². The summed E-state index contributed by atoms with van der Waals surface area (Å²) in [6.07, 6.45) is 2.79. The molecule has 2 rings (SSSR count). The summed E-state index contributed by atoms with van der Waals surface area (Å²) in [4.78, 5) is 12.8. The van der Waals surface area contributed by atoms with E-state index in [-0.39, 0.29) is 11.9 Å². The molecule has 0 spiro atoms. The second-order valence-electron chi connectivity index (χ2n) is 5.97. The molecule has 1 aliphatic rings. The smallest absolute Gasteiger partial charge is 0.146 e. The maximum Gasteiger partial charge on any atom is 0.146 e. The zero-order valence-electron chi connectivity index (χ0n) is 14.0. The standard InChI is InChI=1S/C18H26O4/c1-18(17(22-4)9-6-12-20-2)14-7-5-8-15(21-3)13(14)10-11-16(18)19/h5,7-8,17H,6,9-12H2,1-4H3/t17-,18-/m1/s1. The van der Waals surface area contributed by atoms with E-state index in [9.17, 15) is 4.79 Å². The third-order valence-electron chi connectivity index (χ3n) is 4.84. The predicted molar refractivity (Wildman–Crippen MR) is 85.6 cm³/mol. The van der Waals surface area contributed by atoms with Crippen molar-refractivity contribution in [2.45, 2.75) is 44.1 Å². The van der Waals surface area contributed by atoms with E-state index in [4.69, 9.17) is 14.2 Å². The lowest BCUT2D eigenvalue weighted by atomic mass is 9.66. The van der Waals surface area contributed by atoms with Crippen molar-refractivity contribution in [3.63, 3.8) is 0 Å². The summed E-state index contributed by atoms with van der Waals surface area (Å²) in [5, 5.41) is 0. The van der Waals surface area contributed by atoms with Crippen LogP contribution in [-0.4, -0.2) is 39.8 Å². The molecular formula is C18H26O4. The van der Waals surface area contributed by atoms with Gasteiger partial charge in [-0.25, -0.2) is 0 Å². The molecule has 22 heavy (non-hydrogen) atoms. The van der Waals surface area contributed by atoms with Gasteiger partial charge in [0.1, 0.15) is 11.5 Å². The lowest BCUT2D eigenvalue weighted by Crippen LogP contribution is -2.48. The Morgan fingerprint density at radius 1 is 1.23 bits per heavy atom. The number of hydrogen-bond donors (Lipinski definition) is 0. The highest BCUT2D eigenvalue weighted by Crippen LogP contribution is 2.42. The fourth-order valence-corrected chi connectivity index (χ4v) is 3.56. The third-order valence-corrected chi connectivity index (χ3v) is 4.84. The average molecular weight is 306 g/mol. The van der Waals surface area contributed by atoms with Crippen molar-refractivity contribution in [1.29, 1.82) is 0 Å². The van der Waals surface area contributed by atoms with Crippen molar-refractivity contribution < 1.29 is 19.0 Å². The molecule has 0 aliphatic heterocycles. The molecule has 122 valence electrons. The largest absolute Gasteiger partial charge is 0.496 e. The Labute approximate surface area is 132 Å². The molecule has 0 fully saturated rings. The molecular weight excluding hydrogens is 280 g/mol. The molecule has 0 bridgehead atoms. The summed E-state index contributed by atoms with van der Waals surface area (Å²) in [6.45, 7) is 2.68. The first kappa shape index (κ1) is 17.0. The Kier molecular flexibility index (Phi) is 5.59. The minimum atomic E-state index is -0.620. The average Bonchev–Trinajstić information content (AvgIpc) is 2.54. The van der Waals surface area contributed by atoms with Crippen LogP contribution >= 0.6 is 0 Å². The van der Waals surface area contributed by atoms with Crippen LogP contribution in [0.3, 0.4) is 0 Å². The van der Waals surface area contributed by atoms with Gasteiger partial charge < -0.3 is 14.2 Å². The zero-order chi connectivity index (χ0) is 16.2. The maximum atomic E-state index is 12.8. The van der Waals surface area contributed by atoms with Gasteiger partial charge in [0.05, 0.1) is 18.6 Å². The van der Waals surface area contributed by atoms with Crippen LogP contribution in [0, 0.1) is 0 Å². The molecule has 0 saturated heterocycles. The summed E-state index contributed by atoms with van der Waals surface area (Å²) in [7, 11) is 5.05. The molecule has 4 heteroatoms. The van der Waals surface area contributed by atoms with Gasteiger partial charge >= 0.3 is 0 Å². The third kappa shape index (κ3) is 2.90. The topological polar surface area (TPSA) is 44.8 Å². The van der Waals surface area contributed by atoms with Gasteiger partial charge in [-0.1, -0.05) is 12.1 Å². The lowest BCUT2D eigenvalue weighted by Gasteiger charge is -2.40. The Bertz CT molecular complexity index is 526. The van der Waals surface area contributed by atoms with Gasteiger partial charge in [0.15, 0.2) is 0 Å². The first-order valence-electron chi connectivity index (χ1n) is 7.81. The van der Waals surface area contributed by atoms with E-state index in [0.717, 1.165) is 36.1 Å². The molecule has 0 amide bonds. The van der Waals surface area contributed by atoms with Crippen molar-refractivity contribution in [3.05, 3.63) is 29.3 Å². The van der Waals surface area contributed by atoms with Crippen LogP contribution in [-0.2, 0) is 26.1 Å². The van der Waals surface area contributed by atoms with Gasteiger partial charge in [-0.3, -0.25) is 4.79 Å². The minimum absolute atomic E-state index is 0.152. The van der Waals surface area contributed by atoms with Crippen LogP contribution in [0.15, 0.2) is 18.2 Å². The molecule has 0 saturated carbocycles. The van der Waals surface area contributed by atoms with Crippen LogP contribution in [0.2, 0.25) is 0 Å². The molecule has 0 radical (unpaired) electrons. The van der Waals surface area contributed by atoms with E-state index < -0.39 is 5.41 Å². The molecule has 2 atom stereocenters. The van der Waals surface area contributed by atoms with Crippen LogP contribution in [0.5, 0.6) is 5.75 Å². The van der Waals surface area contributed by atoms with Crippen molar-refractivity contribution in [1.82, 2.24) is 0 Å². The van der Waals surface area contributed by atoms with Crippen LogP contribution in [0.1, 0.15) is 37.3 Å². The fraction of sp³-hybridized carbons (Fsp3) is 0.611. The van der Waals surface area contributed by atoms with Gasteiger partial charge in [-0.05, 0) is 43.4 Å². The number of ketones is 1. The Hall–Kier alpha value is -1.39. The predicted octanol–water partition coefficient (Wildman–Crippen LogP) is 2.91. The highest BCUT2D eigenvalue weighted by atomic mass is 16.5. The van der Waals surface area contributed by atoms with E-state index in [1.165, 1.54) is 0 Å². The molecule has 1 aliphatic carbocycles. The van der Waals surface area contributed by atoms with Crippen LogP contribution < -0.4 is 4.74 Å². The van der Waals surface area contributed by atoms with Crippen molar-refractivity contribution >= 4 is 5.78 Å². The Morgan fingerprint density at radius 2 is 2.00 bits per heavy atom. The van der Waals surface area contributed by atoms with Crippen LogP contribution in [0.25, 0.3) is 0 Å². The van der Waals surface area contributed by atoms with E-state index in [1.807, 2.05) is 25.1 Å². The SMILES string of the molecule is COCCC[C@@H](OC)[C@@]1(C)C(=O)CCc2c(OC)cccc21. The van der Waals surface area contributed by atoms with E-state index in [2.05, 4.69) is 0 Å². The quantitative estimate of drug-likeness (QED) is 0.727. The number of methoxy groups -OCH3 is 3. The number of rotatable bonds is 7. The molecule has 0 heterocycles. The first-order chi connectivity index (χ1) is 10.6. The number of Topliss-reactive ketones (excluding diaryl/α,β-unsaturated/α-hetero) is 1. The maximum absolute atomic E-state index is 12.8. The van der Waals surface area contributed by atoms with Crippen molar-refractivity contribution in [2.24, 2.45) is 0 Å². The summed E-state index contributed by atoms with van der Waals surface area (Å²) >= 11 is 0. The minimum Gasteiger partial charge on any atom is -0.496 e. The summed E-state index contributed by atoms with van der Waals surface area (Å²) in [5.41, 5.74) is 1.57. The number of benzene rings is 1. The molecule has 0 unspecified atom stereocenters. The number of fused-ring (bicyclic) bond motifs is 1. The van der Waals surface area contributed by atoms with Gasteiger partial charge in [0, 0.05) is 27.2 Å². The second-order valence-corrected chi connectivity index (χ2v) is 5.97. The molecule has 0 N–H and O–H groups in total. The molecule has 1 aromatic carbocycles. The lowest BCUT2D eigenvalue weighted by molar-refractivity contribution is -0.130. The summed E-state index contributed by atoms with van der Waals surface area (Å²) < 4.78 is 16.3. The number of ether oxygens (including phenoxy) is 3. The van der Waals surface area contributed by atoms with Crippen LogP contribution in [0.4, 0.5) is 0 Å². The normalized spacial score (nSPS) is 22.3. The first-order valence-corrected chi connectivity index (χ1v) is 7.81. The van der Waals surface area contributed by atoms with Gasteiger partial charge in [0.25, 0.3) is 0 Å². The van der Waals surface area contributed by atoms with Crippen molar-refractivity contribution in [3.8, 4) is 5.75 Å². The second kappa shape index (κ2) is 7.25. The van der Waals surface area contributed by atoms with E-state index in [0.29, 0.717) is 13.0 Å². The molecule has 4 nitrogen and oxygen atoms in total. The summed E-state index contributed by atoms with van der Waals surface area (Å²) in [5.74, 6) is 1.11. The highest BCUT2D eigenvalue weighted by Gasteiger charge is 2.46. The van der Waals surface area contributed by atoms with E-state index >= 15 is 0 Å². The van der Waals surface area contributed by atoms with Gasteiger partial charge in [-0.15, -0.1) is 0 Å². The van der Waals surface area contributed by atoms with Gasteiger partial charge in [-0.2, -0.15) is 0 Å². The number of carbonyl (C=O) groups excluding carboxylic acids is 1.